The molecule has 1 amide bonds. The number of carbonyl (C=O) groups is 1. The highest BCUT2D eigenvalue weighted by molar-refractivity contribution is 5.92. The number of amides is 1. The van der Waals surface area contributed by atoms with Gasteiger partial charge in [-0.1, -0.05) is 0 Å². The normalized spacial score (nSPS) is 10.5. The predicted molar refractivity (Wildman–Crippen MR) is 63.8 cm³/mol. The second-order valence-electron chi connectivity index (χ2n) is 3.71. The Balaban J connectivity index is 2.80. The van der Waals surface area contributed by atoms with Crippen LogP contribution in [0.1, 0.15) is 15.9 Å². The SMILES string of the molecule is COCCNCc1cc(C(N)=O)c(=O)n(C)c1. The van der Waals surface area contributed by atoms with Gasteiger partial charge in [0.25, 0.3) is 11.5 Å². The van der Waals surface area contributed by atoms with Gasteiger partial charge in [0, 0.05) is 33.4 Å². The molecule has 0 aromatic carbocycles. The molecule has 1 aromatic rings. The Labute approximate surface area is 99.4 Å². The monoisotopic (exact) mass is 239 g/mol. The average molecular weight is 239 g/mol. The molecule has 0 spiro atoms. The molecule has 17 heavy (non-hydrogen) atoms. The van der Waals surface area contributed by atoms with E-state index in [-0.39, 0.29) is 11.1 Å². The standard InChI is InChI=1S/C11H17N3O3/c1-14-7-8(6-13-3-4-17-2)5-9(10(12)15)11(14)16/h5,7,13H,3-4,6H2,1-2H3,(H2,12,15). The molecule has 3 N–H and O–H groups in total. The largest absolute Gasteiger partial charge is 0.383 e. The minimum absolute atomic E-state index is 0.0125. The van der Waals surface area contributed by atoms with Gasteiger partial charge in [0.2, 0.25) is 0 Å². The van der Waals surface area contributed by atoms with Crippen molar-refractivity contribution in [3.05, 3.63) is 33.7 Å². The van der Waals surface area contributed by atoms with Gasteiger partial charge in [-0.3, -0.25) is 9.59 Å². The number of pyridine rings is 1. The van der Waals surface area contributed by atoms with E-state index in [4.69, 9.17) is 10.5 Å². The molecule has 6 heteroatoms. The van der Waals surface area contributed by atoms with Crippen LogP contribution in [-0.2, 0) is 18.3 Å². The van der Waals surface area contributed by atoms with E-state index >= 15 is 0 Å². The summed E-state index contributed by atoms with van der Waals surface area (Å²) in [6.45, 7) is 1.86. The lowest BCUT2D eigenvalue weighted by Gasteiger charge is -2.07. The Kier molecular flexibility index (Phi) is 4.86. The average Bonchev–Trinajstić information content (AvgIpc) is 2.28. The highest BCUT2D eigenvalue weighted by atomic mass is 16.5. The number of nitrogens with zero attached hydrogens (tertiary/aromatic N) is 1. The molecular formula is C11H17N3O3. The van der Waals surface area contributed by atoms with Crippen LogP contribution in [0.25, 0.3) is 0 Å². The van der Waals surface area contributed by atoms with Crippen molar-refractivity contribution in [2.24, 2.45) is 12.8 Å². The fourth-order valence-electron chi connectivity index (χ4n) is 1.46. The fraction of sp³-hybridized carbons (Fsp3) is 0.455. The quantitative estimate of drug-likeness (QED) is 0.638. The molecule has 1 aromatic heterocycles. The van der Waals surface area contributed by atoms with Crippen molar-refractivity contribution >= 4 is 5.91 Å². The molecule has 0 aliphatic carbocycles. The zero-order chi connectivity index (χ0) is 12.8. The maximum absolute atomic E-state index is 11.6. The van der Waals surface area contributed by atoms with Gasteiger partial charge in [0.05, 0.1) is 6.61 Å². The third kappa shape index (κ3) is 3.69. The topological polar surface area (TPSA) is 86.3 Å². The lowest BCUT2D eigenvalue weighted by atomic mass is 10.2. The second kappa shape index (κ2) is 6.17. The highest BCUT2D eigenvalue weighted by Crippen LogP contribution is 1.99. The van der Waals surface area contributed by atoms with Crippen molar-refractivity contribution in [2.75, 3.05) is 20.3 Å². The summed E-state index contributed by atoms with van der Waals surface area (Å²) < 4.78 is 6.25. The summed E-state index contributed by atoms with van der Waals surface area (Å²) in [5, 5.41) is 3.12. The van der Waals surface area contributed by atoms with Gasteiger partial charge in [0.1, 0.15) is 5.56 Å². The third-order valence-corrected chi connectivity index (χ3v) is 2.32. The van der Waals surface area contributed by atoms with E-state index in [2.05, 4.69) is 5.32 Å². The van der Waals surface area contributed by atoms with Crippen LogP contribution in [0, 0.1) is 0 Å². The third-order valence-electron chi connectivity index (χ3n) is 2.32. The van der Waals surface area contributed by atoms with Crippen LogP contribution in [0.3, 0.4) is 0 Å². The molecule has 1 heterocycles. The lowest BCUT2D eigenvalue weighted by molar-refractivity contribution is 0.0998. The Morgan fingerprint density at radius 2 is 2.29 bits per heavy atom. The molecule has 0 bridgehead atoms. The van der Waals surface area contributed by atoms with E-state index in [0.717, 1.165) is 5.56 Å². The molecule has 0 unspecified atom stereocenters. The van der Waals surface area contributed by atoms with Crippen LogP contribution >= 0.6 is 0 Å². The van der Waals surface area contributed by atoms with Crippen molar-refractivity contribution in [1.29, 1.82) is 0 Å². The molecule has 0 aliphatic heterocycles. The van der Waals surface area contributed by atoms with Gasteiger partial charge < -0.3 is 20.4 Å². The van der Waals surface area contributed by atoms with Gasteiger partial charge in [-0.05, 0) is 11.6 Å². The summed E-state index contributed by atoms with van der Waals surface area (Å²) in [6, 6.07) is 1.52. The number of aromatic nitrogens is 1. The highest BCUT2D eigenvalue weighted by Gasteiger charge is 2.09. The first-order valence-corrected chi connectivity index (χ1v) is 5.25. The van der Waals surface area contributed by atoms with Gasteiger partial charge in [-0.15, -0.1) is 0 Å². The molecule has 0 saturated carbocycles. The molecule has 0 radical (unpaired) electrons. The van der Waals surface area contributed by atoms with Crippen LogP contribution in [0.2, 0.25) is 0 Å². The Bertz CT molecular complexity index is 454. The van der Waals surface area contributed by atoms with E-state index < -0.39 is 5.91 Å². The minimum atomic E-state index is -0.704. The van der Waals surface area contributed by atoms with Crippen molar-refractivity contribution in [1.82, 2.24) is 9.88 Å². The molecule has 0 fully saturated rings. The number of nitrogens with two attached hydrogens (primary N) is 1. The molecule has 1 rings (SSSR count). The summed E-state index contributed by atoms with van der Waals surface area (Å²) >= 11 is 0. The van der Waals surface area contributed by atoms with Gasteiger partial charge in [0.15, 0.2) is 0 Å². The van der Waals surface area contributed by atoms with Crippen molar-refractivity contribution in [3.63, 3.8) is 0 Å². The zero-order valence-electron chi connectivity index (χ0n) is 10.0. The van der Waals surface area contributed by atoms with Crippen molar-refractivity contribution in [2.45, 2.75) is 6.54 Å². The Morgan fingerprint density at radius 1 is 1.59 bits per heavy atom. The first-order chi connectivity index (χ1) is 8.06. The number of carbonyl (C=O) groups excluding carboxylic acids is 1. The van der Waals surface area contributed by atoms with Gasteiger partial charge in [-0.2, -0.15) is 0 Å². The van der Waals surface area contributed by atoms with E-state index in [1.54, 1.807) is 20.4 Å². The molecule has 0 saturated heterocycles. The van der Waals surface area contributed by atoms with Crippen molar-refractivity contribution in [3.8, 4) is 0 Å². The number of hydrogen-bond donors (Lipinski definition) is 2. The van der Waals surface area contributed by atoms with Gasteiger partial charge >= 0.3 is 0 Å². The van der Waals surface area contributed by atoms with Crippen molar-refractivity contribution < 1.29 is 9.53 Å². The van der Waals surface area contributed by atoms with Crippen LogP contribution in [-0.4, -0.2) is 30.7 Å². The number of methoxy groups -OCH3 is 1. The van der Waals surface area contributed by atoms with Crippen LogP contribution in [0.5, 0.6) is 0 Å². The number of primary amides is 1. The molecule has 0 aliphatic rings. The smallest absolute Gasteiger partial charge is 0.263 e. The summed E-state index contributed by atoms with van der Waals surface area (Å²) in [5.74, 6) is -0.704. The van der Waals surface area contributed by atoms with Gasteiger partial charge in [-0.25, -0.2) is 0 Å². The molecule has 94 valence electrons. The van der Waals surface area contributed by atoms with E-state index in [9.17, 15) is 9.59 Å². The fourth-order valence-corrected chi connectivity index (χ4v) is 1.46. The summed E-state index contributed by atoms with van der Waals surface area (Å²) in [5.41, 5.74) is 5.60. The first-order valence-electron chi connectivity index (χ1n) is 5.25. The van der Waals surface area contributed by atoms with E-state index in [1.165, 1.54) is 10.6 Å². The maximum Gasteiger partial charge on any atom is 0.263 e. The Hall–Kier alpha value is -1.66. The molecule has 0 atom stereocenters. The van der Waals surface area contributed by atoms with Crippen LogP contribution in [0.4, 0.5) is 0 Å². The molecule has 6 nitrogen and oxygen atoms in total. The van der Waals surface area contributed by atoms with Crippen LogP contribution < -0.4 is 16.6 Å². The number of rotatable bonds is 6. The maximum atomic E-state index is 11.6. The number of hydrogen-bond acceptors (Lipinski definition) is 4. The number of ether oxygens (including phenoxy) is 1. The van der Waals surface area contributed by atoms with E-state index in [0.29, 0.717) is 19.7 Å². The lowest BCUT2D eigenvalue weighted by Crippen LogP contribution is -2.29. The zero-order valence-corrected chi connectivity index (χ0v) is 10.0. The molecular weight excluding hydrogens is 222 g/mol. The second-order valence-corrected chi connectivity index (χ2v) is 3.71. The predicted octanol–water partition coefficient (Wildman–Crippen LogP) is -0.780. The minimum Gasteiger partial charge on any atom is -0.383 e. The van der Waals surface area contributed by atoms with E-state index in [1.807, 2.05) is 0 Å². The Morgan fingerprint density at radius 3 is 2.88 bits per heavy atom. The van der Waals surface area contributed by atoms with Crippen LogP contribution in [0.15, 0.2) is 17.1 Å². The summed E-state index contributed by atoms with van der Waals surface area (Å²) in [4.78, 5) is 22.6. The number of nitrogens with one attached hydrogen (secondary N) is 1. The first kappa shape index (κ1) is 13.4. The summed E-state index contributed by atoms with van der Waals surface area (Å²) in [7, 11) is 3.21. The number of aryl methyl sites for hydroxylation is 1. The summed E-state index contributed by atoms with van der Waals surface area (Å²) in [6.07, 6.45) is 1.68.